The number of hydrogen-bond acceptors (Lipinski definition) is 5. The van der Waals surface area contributed by atoms with E-state index in [2.05, 4.69) is 221 Å². The number of furan rings is 1. The van der Waals surface area contributed by atoms with Crippen LogP contribution in [0.2, 0.25) is 0 Å². The number of aromatic nitrogens is 5. The van der Waals surface area contributed by atoms with E-state index in [1.165, 1.54) is 37.0 Å². The molecule has 0 amide bonds. The van der Waals surface area contributed by atoms with Crippen LogP contribution < -0.4 is 0 Å². The monoisotopic (exact) mass is 935 g/mol. The molecule has 0 spiro atoms. The maximum Gasteiger partial charge on any atom is 0.166 e. The summed E-state index contributed by atoms with van der Waals surface area (Å²) in [6.45, 7) is 0. The molecule has 6 nitrogen and oxygen atoms in total. The molecule has 0 aliphatic carbocycles. The number of hydrogen-bond donors (Lipinski definition) is 0. The van der Waals surface area contributed by atoms with Crippen LogP contribution in [0.4, 0.5) is 0 Å². The van der Waals surface area contributed by atoms with Gasteiger partial charge in [0.2, 0.25) is 0 Å². The van der Waals surface area contributed by atoms with Crippen molar-refractivity contribution < 1.29 is 4.42 Å². The summed E-state index contributed by atoms with van der Waals surface area (Å²) >= 11 is 1.78. The fourth-order valence-corrected chi connectivity index (χ4v) is 12.7. The fourth-order valence-electron chi connectivity index (χ4n) is 11.5. The zero-order valence-electron chi connectivity index (χ0n) is 38.4. The quantitative estimate of drug-likeness (QED) is 0.172. The number of para-hydroxylation sites is 4. The lowest BCUT2D eigenvalue weighted by molar-refractivity contribution is 0.669. The van der Waals surface area contributed by atoms with Crippen molar-refractivity contribution in [2.75, 3.05) is 0 Å². The molecule has 16 rings (SSSR count). The van der Waals surface area contributed by atoms with E-state index < -0.39 is 0 Å². The van der Waals surface area contributed by atoms with Gasteiger partial charge in [-0.15, -0.1) is 11.3 Å². The van der Waals surface area contributed by atoms with E-state index in [9.17, 15) is 0 Å². The molecule has 7 heteroatoms. The lowest BCUT2D eigenvalue weighted by atomic mass is 10.0. The summed E-state index contributed by atoms with van der Waals surface area (Å²) in [4.78, 5) is 16.9. The lowest BCUT2D eigenvalue weighted by Crippen LogP contribution is -2.05. The minimum absolute atomic E-state index is 0.543. The summed E-state index contributed by atoms with van der Waals surface area (Å²) in [6, 6.07) is 80.3. The van der Waals surface area contributed by atoms with E-state index in [1.807, 2.05) is 12.1 Å². The minimum Gasteiger partial charge on any atom is -0.456 e. The van der Waals surface area contributed by atoms with Crippen molar-refractivity contribution in [3.63, 3.8) is 0 Å². The van der Waals surface area contributed by atoms with Crippen LogP contribution in [0.1, 0.15) is 0 Å². The molecule has 0 aliphatic heterocycles. The van der Waals surface area contributed by atoms with Crippen LogP contribution in [0, 0.1) is 0 Å². The van der Waals surface area contributed by atoms with Gasteiger partial charge in [0, 0.05) is 74.9 Å². The van der Waals surface area contributed by atoms with Crippen molar-refractivity contribution in [3.05, 3.63) is 224 Å². The number of fused-ring (bicyclic) bond motifs is 14. The summed E-state index contributed by atoms with van der Waals surface area (Å²) in [7, 11) is 0. The molecule has 0 saturated carbocycles. The SMILES string of the molecule is c1ccc(-n2c3ccccc3c3cccc(-c4nc(-c5cc6oc7ccccc7c6cc5-n5c6cc7ccccc7cc6c6cc7ccccc7cc65)nc(-c5cccc6c5sc5ccccc56)n4)c32)cc1. The molecule has 334 valence electrons. The van der Waals surface area contributed by atoms with Crippen LogP contribution in [0.5, 0.6) is 0 Å². The van der Waals surface area contributed by atoms with Gasteiger partial charge in [-0.3, -0.25) is 0 Å². The van der Waals surface area contributed by atoms with Crippen LogP contribution in [0.3, 0.4) is 0 Å². The molecule has 16 aromatic rings. The molecule has 0 fully saturated rings. The number of rotatable bonds is 5. The largest absolute Gasteiger partial charge is 0.456 e. The molecule has 0 atom stereocenters. The highest BCUT2D eigenvalue weighted by molar-refractivity contribution is 7.26. The highest BCUT2D eigenvalue weighted by Crippen LogP contribution is 2.45. The zero-order valence-corrected chi connectivity index (χ0v) is 39.2. The Kier molecular flexibility index (Phi) is 8.23. The third-order valence-corrected chi connectivity index (χ3v) is 15.9. The van der Waals surface area contributed by atoms with Gasteiger partial charge >= 0.3 is 0 Å². The molecule has 72 heavy (non-hydrogen) atoms. The number of thiophene rings is 1. The van der Waals surface area contributed by atoms with Gasteiger partial charge < -0.3 is 13.6 Å². The van der Waals surface area contributed by atoms with Crippen molar-refractivity contribution in [2.24, 2.45) is 0 Å². The third-order valence-electron chi connectivity index (χ3n) is 14.7. The minimum atomic E-state index is 0.543. The summed E-state index contributed by atoms with van der Waals surface area (Å²) in [5.41, 5.74) is 10.6. The second-order valence-electron chi connectivity index (χ2n) is 18.7. The third kappa shape index (κ3) is 5.74. The first-order chi connectivity index (χ1) is 35.7. The van der Waals surface area contributed by atoms with Crippen molar-refractivity contribution >= 4 is 119 Å². The van der Waals surface area contributed by atoms with Gasteiger partial charge in [-0.25, -0.2) is 15.0 Å². The Balaban J connectivity index is 1.06. The second kappa shape index (κ2) is 15.0. The molecule has 0 unspecified atom stereocenters. The predicted molar refractivity (Wildman–Crippen MR) is 300 cm³/mol. The average Bonchev–Trinajstić information content (AvgIpc) is 4.19. The van der Waals surface area contributed by atoms with E-state index >= 15 is 0 Å². The number of nitrogens with zero attached hydrogens (tertiary/aromatic N) is 5. The Morgan fingerprint density at radius 1 is 0.333 bits per heavy atom. The predicted octanol–water partition coefficient (Wildman–Crippen LogP) is 17.6. The summed E-state index contributed by atoms with van der Waals surface area (Å²) in [6.07, 6.45) is 0. The van der Waals surface area contributed by atoms with E-state index in [4.69, 9.17) is 19.4 Å². The maximum atomic E-state index is 6.77. The van der Waals surface area contributed by atoms with Crippen molar-refractivity contribution in [3.8, 4) is 45.5 Å². The fraction of sp³-hybridized carbons (Fsp3) is 0. The van der Waals surface area contributed by atoms with Crippen LogP contribution in [-0.2, 0) is 0 Å². The Morgan fingerprint density at radius 3 is 1.62 bits per heavy atom. The Morgan fingerprint density at radius 2 is 0.889 bits per heavy atom. The topological polar surface area (TPSA) is 61.7 Å². The molecular weight excluding hydrogens is 899 g/mol. The first kappa shape index (κ1) is 39.4. The van der Waals surface area contributed by atoms with Gasteiger partial charge in [0.05, 0.1) is 27.8 Å². The van der Waals surface area contributed by atoms with Gasteiger partial charge in [-0.2, -0.15) is 0 Å². The molecule has 0 N–H and O–H groups in total. The zero-order chi connectivity index (χ0) is 47.0. The van der Waals surface area contributed by atoms with Crippen molar-refractivity contribution in [2.45, 2.75) is 0 Å². The maximum absolute atomic E-state index is 6.77. The molecule has 11 aromatic carbocycles. The van der Waals surface area contributed by atoms with Gasteiger partial charge in [0.1, 0.15) is 11.2 Å². The standard InChI is InChI=1S/C65H37N5OS/c1-2-20-42(21-3-1)69-54-29-11-8-22-43(54)46-25-14-27-48(61(46)69)63-66-64(49-28-15-26-47-45-24-10-13-31-60(45)72-62(47)49)68-65(67-63)53-37-59-52(44-23-9-12-30-58(44)71-59)36-57(53)70-55-34-40-18-6-4-16-38(40)32-50(55)51-33-39-17-5-7-19-41(39)35-56(51)70/h1-37H. The summed E-state index contributed by atoms with van der Waals surface area (Å²) in [5, 5.41) is 13.8. The highest BCUT2D eigenvalue weighted by atomic mass is 32.1. The molecule has 0 aliphatic rings. The van der Waals surface area contributed by atoms with Gasteiger partial charge in [-0.05, 0) is 100 Å². The van der Waals surface area contributed by atoms with E-state index in [1.54, 1.807) is 11.3 Å². The molecule has 0 saturated heterocycles. The van der Waals surface area contributed by atoms with Gasteiger partial charge in [-0.1, -0.05) is 146 Å². The molecular formula is C65H37N5OS. The van der Waals surface area contributed by atoms with Crippen LogP contribution in [0.25, 0.3) is 153 Å². The van der Waals surface area contributed by atoms with Crippen LogP contribution >= 0.6 is 11.3 Å². The van der Waals surface area contributed by atoms with E-state index in [0.717, 1.165) is 98.3 Å². The molecule has 0 radical (unpaired) electrons. The van der Waals surface area contributed by atoms with Gasteiger partial charge in [0.15, 0.2) is 17.5 Å². The average molecular weight is 936 g/mol. The van der Waals surface area contributed by atoms with Gasteiger partial charge in [0.25, 0.3) is 0 Å². The smallest absolute Gasteiger partial charge is 0.166 e. The van der Waals surface area contributed by atoms with E-state index in [0.29, 0.717) is 17.5 Å². The molecule has 5 heterocycles. The Hall–Kier alpha value is -9.43. The van der Waals surface area contributed by atoms with Crippen LogP contribution in [-0.4, -0.2) is 24.1 Å². The second-order valence-corrected chi connectivity index (χ2v) is 19.8. The lowest BCUT2D eigenvalue weighted by Gasteiger charge is -2.16. The normalized spacial score (nSPS) is 12.2. The number of benzene rings is 11. The first-order valence-electron chi connectivity index (χ1n) is 24.2. The molecule has 5 aromatic heterocycles. The summed E-state index contributed by atoms with van der Waals surface area (Å²) in [5.74, 6) is 1.72. The van der Waals surface area contributed by atoms with Crippen molar-refractivity contribution in [1.29, 1.82) is 0 Å². The van der Waals surface area contributed by atoms with Crippen LogP contribution in [0.15, 0.2) is 229 Å². The Labute approximate surface area is 414 Å². The molecule has 0 bridgehead atoms. The highest BCUT2D eigenvalue weighted by Gasteiger charge is 2.26. The van der Waals surface area contributed by atoms with Crippen molar-refractivity contribution in [1.82, 2.24) is 24.1 Å². The Bertz CT molecular complexity index is 4850. The van der Waals surface area contributed by atoms with E-state index in [-0.39, 0.29) is 0 Å². The first-order valence-corrected chi connectivity index (χ1v) is 25.1. The summed E-state index contributed by atoms with van der Waals surface area (Å²) < 4.78 is 13.9.